The van der Waals surface area contributed by atoms with Crippen molar-refractivity contribution in [3.8, 4) is 0 Å². The van der Waals surface area contributed by atoms with Crippen molar-refractivity contribution < 1.29 is 4.79 Å². The fourth-order valence-corrected chi connectivity index (χ4v) is 1.44. The number of amides is 1. The molecule has 0 aromatic rings. The Bertz CT molecular complexity index is 176. The third-order valence-electron chi connectivity index (χ3n) is 1.95. The van der Waals surface area contributed by atoms with Gasteiger partial charge in [0, 0.05) is 37.8 Å². The van der Waals surface area contributed by atoms with Gasteiger partial charge in [-0.1, -0.05) is 18.2 Å². The van der Waals surface area contributed by atoms with Crippen LogP contribution in [0, 0.1) is 0 Å². The maximum atomic E-state index is 10.4. The zero-order valence-corrected chi connectivity index (χ0v) is 7.76. The Morgan fingerprint density at radius 2 is 2.00 bits per heavy atom. The summed E-state index contributed by atoms with van der Waals surface area (Å²) in [5.74, 6) is 0. The van der Waals surface area contributed by atoms with E-state index in [2.05, 4.69) is 11.5 Å². The van der Waals surface area contributed by atoms with Gasteiger partial charge >= 0.3 is 0 Å². The first-order chi connectivity index (χ1) is 5.72. The van der Waals surface area contributed by atoms with E-state index in [-0.39, 0.29) is 0 Å². The van der Waals surface area contributed by atoms with E-state index in [1.165, 1.54) is 0 Å². The molecule has 0 aromatic carbocycles. The predicted molar refractivity (Wildman–Crippen MR) is 49.1 cm³/mol. The molecule has 3 nitrogen and oxygen atoms in total. The largest absolute Gasteiger partial charge is 0.343 e. The minimum atomic E-state index is 0.662. The highest BCUT2D eigenvalue weighted by atomic mass is 35.5. The number of halogens is 1. The number of hydrogen-bond donors (Lipinski definition) is 0. The van der Waals surface area contributed by atoms with Crippen LogP contribution in [0.4, 0.5) is 0 Å². The normalized spacial score (nSPS) is 19.2. The van der Waals surface area contributed by atoms with E-state index >= 15 is 0 Å². The fraction of sp³-hybridized carbons (Fsp3) is 0.625. The molecular weight excluding hydrogens is 176 g/mol. The molecule has 0 radical (unpaired) electrons. The number of rotatable bonds is 3. The van der Waals surface area contributed by atoms with Crippen molar-refractivity contribution in [3.05, 3.63) is 11.6 Å². The Morgan fingerprint density at radius 1 is 1.42 bits per heavy atom. The number of carbonyl (C=O) groups excluding carboxylic acids is 1. The van der Waals surface area contributed by atoms with Gasteiger partial charge in [-0.25, -0.2) is 0 Å². The monoisotopic (exact) mass is 188 g/mol. The van der Waals surface area contributed by atoms with Gasteiger partial charge in [-0.15, -0.1) is 0 Å². The first kappa shape index (κ1) is 9.55. The zero-order chi connectivity index (χ0) is 8.97. The summed E-state index contributed by atoms with van der Waals surface area (Å²) in [4.78, 5) is 14.3. The molecule has 1 rings (SSSR count). The molecule has 1 aliphatic rings. The fourth-order valence-electron chi connectivity index (χ4n) is 1.27. The lowest BCUT2D eigenvalue weighted by Crippen LogP contribution is -2.45. The summed E-state index contributed by atoms with van der Waals surface area (Å²) in [6.07, 6.45) is 0.896. The van der Waals surface area contributed by atoms with Crippen LogP contribution in [0.25, 0.3) is 0 Å². The maximum absolute atomic E-state index is 10.4. The highest BCUT2D eigenvalue weighted by Crippen LogP contribution is 2.04. The van der Waals surface area contributed by atoms with Crippen LogP contribution in [-0.2, 0) is 4.79 Å². The molecule has 1 aliphatic heterocycles. The van der Waals surface area contributed by atoms with E-state index in [1.807, 2.05) is 0 Å². The molecule has 68 valence electrons. The molecule has 4 heteroatoms. The molecule has 1 saturated heterocycles. The van der Waals surface area contributed by atoms with E-state index in [4.69, 9.17) is 11.6 Å². The Hall–Kier alpha value is -0.540. The Kier molecular flexibility index (Phi) is 3.56. The van der Waals surface area contributed by atoms with Gasteiger partial charge < -0.3 is 4.90 Å². The molecule has 0 atom stereocenters. The Labute approximate surface area is 77.6 Å². The third-order valence-corrected chi connectivity index (χ3v) is 2.07. The first-order valence-electron chi connectivity index (χ1n) is 3.97. The summed E-state index contributed by atoms with van der Waals surface area (Å²) in [6, 6.07) is 0. The third kappa shape index (κ3) is 2.83. The van der Waals surface area contributed by atoms with Crippen LogP contribution in [0.2, 0.25) is 0 Å². The number of nitrogens with zero attached hydrogens (tertiary/aromatic N) is 2. The van der Waals surface area contributed by atoms with Crippen molar-refractivity contribution in [1.82, 2.24) is 9.80 Å². The van der Waals surface area contributed by atoms with Gasteiger partial charge in [-0.2, -0.15) is 0 Å². The van der Waals surface area contributed by atoms with E-state index < -0.39 is 0 Å². The van der Waals surface area contributed by atoms with Crippen molar-refractivity contribution in [2.24, 2.45) is 0 Å². The molecule has 1 fully saturated rings. The van der Waals surface area contributed by atoms with Crippen molar-refractivity contribution in [1.29, 1.82) is 0 Å². The number of piperazine rings is 1. The number of hydrogen-bond acceptors (Lipinski definition) is 2. The smallest absolute Gasteiger partial charge is 0.209 e. The molecule has 0 bridgehead atoms. The topological polar surface area (TPSA) is 23.6 Å². The average Bonchev–Trinajstić information content (AvgIpc) is 2.05. The molecule has 0 N–H and O–H groups in total. The second kappa shape index (κ2) is 4.48. The lowest BCUT2D eigenvalue weighted by Gasteiger charge is -2.32. The maximum Gasteiger partial charge on any atom is 0.209 e. The summed E-state index contributed by atoms with van der Waals surface area (Å²) < 4.78 is 0. The van der Waals surface area contributed by atoms with Crippen LogP contribution in [-0.4, -0.2) is 48.9 Å². The summed E-state index contributed by atoms with van der Waals surface area (Å²) in [6.45, 7) is 7.74. The van der Waals surface area contributed by atoms with Gasteiger partial charge in [0.25, 0.3) is 0 Å². The lowest BCUT2D eigenvalue weighted by atomic mass is 10.3. The molecule has 12 heavy (non-hydrogen) atoms. The Morgan fingerprint density at radius 3 is 2.42 bits per heavy atom. The SMILES string of the molecule is C=C(Cl)CN1CCN(C=O)CC1. The molecule has 0 aliphatic carbocycles. The molecule has 0 spiro atoms. The molecule has 0 saturated carbocycles. The minimum Gasteiger partial charge on any atom is -0.343 e. The highest BCUT2D eigenvalue weighted by Gasteiger charge is 2.14. The van der Waals surface area contributed by atoms with Crippen LogP contribution in [0.5, 0.6) is 0 Å². The lowest BCUT2D eigenvalue weighted by molar-refractivity contribution is -0.119. The predicted octanol–water partition coefficient (Wildman–Crippen LogP) is 0.513. The van der Waals surface area contributed by atoms with Gasteiger partial charge in [0.2, 0.25) is 6.41 Å². The summed E-state index contributed by atoms with van der Waals surface area (Å²) in [7, 11) is 0. The van der Waals surface area contributed by atoms with Gasteiger partial charge in [0.05, 0.1) is 0 Å². The quantitative estimate of drug-likeness (QED) is 0.603. The first-order valence-corrected chi connectivity index (χ1v) is 4.35. The molecule has 0 aromatic heterocycles. The van der Waals surface area contributed by atoms with Crippen LogP contribution in [0.15, 0.2) is 11.6 Å². The summed E-state index contributed by atoms with van der Waals surface area (Å²) in [5.41, 5.74) is 0. The van der Waals surface area contributed by atoms with E-state index in [0.717, 1.165) is 39.1 Å². The van der Waals surface area contributed by atoms with Gasteiger partial charge in [0.15, 0.2) is 0 Å². The standard InChI is InChI=1S/C8H13ClN2O/c1-8(9)6-10-2-4-11(7-12)5-3-10/h7H,1-6H2. The van der Waals surface area contributed by atoms with Gasteiger partial charge in [-0.05, 0) is 0 Å². The molecule has 1 heterocycles. The average molecular weight is 189 g/mol. The van der Waals surface area contributed by atoms with Gasteiger partial charge in [-0.3, -0.25) is 9.69 Å². The number of carbonyl (C=O) groups is 1. The van der Waals surface area contributed by atoms with E-state index in [9.17, 15) is 4.79 Å². The Balaban J connectivity index is 2.26. The van der Waals surface area contributed by atoms with Crippen molar-refractivity contribution in [2.75, 3.05) is 32.7 Å². The van der Waals surface area contributed by atoms with Gasteiger partial charge in [0.1, 0.15) is 0 Å². The summed E-state index contributed by atoms with van der Waals surface area (Å²) in [5, 5.41) is 0.662. The second-order valence-electron chi connectivity index (χ2n) is 2.93. The van der Waals surface area contributed by atoms with Crippen LogP contribution in [0.1, 0.15) is 0 Å². The highest BCUT2D eigenvalue weighted by molar-refractivity contribution is 6.29. The van der Waals surface area contributed by atoms with Crippen LogP contribution in [0.3, 0.4) is 0 Å². The van der Waals surface area contributed by atoms with Crippen molar-refractivity contribution in [2.45, 2.75) is 0 Å². The van der Waals surface area contributed by atoms with Crippen molar-refractivity contribution in [3.63, 3.8) is 0 Å². The van der Waals surface area contributed by atoms with Crippen molar-refractivity contribution >= 4 is 18.0 Å². The molecule has 0 unspecified atom stereocenters. The second-order valence-corrected chi connectivity index (χ2v) is 3.47. The zero-order valence-electron chi connectivity index (χ0n) is 7.00. The molecular formula is C8H13ClN2O. The molecule has 1 amide bonds. The minimum absolute atomic E-state index is 0.662. The van der Waals surface area contributed by atoms with E-state index in [1.54, 1.807) is 4.90 Å². The van der Waals surface area contributed by atoms with Crippen LogP contribution >= 0.6 is 11.6 Å². The van der Waals surface area contributed by atoms with E-state index in [0.29, 0.717) is 5.03 Å². The van der Waals surface area contributed by atoms with Crippen LogP contribution < -0.4 is 0 Å². The summed E-state index contributed by atoms with van der Waals surface area (Å²) >= 11 is 5.66.